The van der Waals surface area contributed by atoms with E-state index in [9.17, 15) is 0 Å². The van der Waals surface area contributed by atoms with Gasteiger partial charge in [0.2, 0.25) is 0 Å². The van der Waals surface area contributed by atoms with Crippen LogP contribution in [-0.2, 0) is 0 Å². The second-order valence-electron chi connectivity index (χ2n) is 5.38. The molecule has 0 aliphatic heterocycles. The third-order valence-corrected chi connectivity index (χ3v) is 5.16. The predicted molar refractivity (Wildman–Crippen MR) is 69.2 cm³/mol. The van der Waals surface area contributed by atoms with Crippen LogP contribution in [0.15, 0.2) is 0 Å². The number of nitrogens with zero attached hydrogens (tertiary/aromatic N) is 2. The lowest BCUT2D eigenvalue weighted by Crippen LogP contribution is -2.25. The maximum absolute atomic E-state index is 6.03. The average Bonchev–Trinajstić information content (AvgIpc) is 2.65. The van der Waals surface area contributed by atoms with Gasteiger partial charge in [0.1, 0.15) is 10.0 Å². The van der Waals surface area contributed by atoms with Gasteiger partial charge in [-0.3, -0.25) is 0 Å². The molecule has 4 heteroatoms. The standard InChI is InChI=1S/C12H19ClN2S/c1-8(13)10-14-15-11(16-10)9-6-4-5-7-12(9,2)3/h8-9H,4-7H2,1-3H3. The van der Waals surface area contributed by atoms with Gasteiger partial charge in [0, 0.05) is 5.92 Å². The Hall–Kier alpha value is -0.150. The summed E-state index contributed by atoms with van der Waals surface area (Å²) in [6, 6.07) is 0. The third-order valence-electron chi connectivity index (χ3n) is 3.60. The van der Waals surface area contributed by atoms with E-state index < -0.39 is 0 Å². The predicted octanol–water partition coefficient (Wildman–Crippen LogP) is 4.52. The van der Waals surface area contributed by atoms with Gasteiger partial charge in [-0.2, -0.15) is 0 Å². The van der Waals surface area contributed by atoms with Gasteiger partial charge in [-0.05, 0) is 25.2 Å². The zero-order valence-electron chi connectivity index (χ0n) is 10.2. The van der Waals surface area contributed by atoms with Crippen molar-refractivity contribution in [3.63, 3.8) is 0 Å². The van der Waals surface area contributed by atoms with E-state index >= 15 is 0 Å². The van der Waals surface area contributed by atoms with Crippen LogP contribution in [0.2, 0.25) is 0 Å². The first-order valence-corrected chi connectivity index (χ1v) is 7.23. The van der Waals surface area contributed by atoms with Crippen molar-refractivity contribution >= 4 is 22.9 Å². The molecule has 0 aromatic carbocycles. The minimum Gasteiger partial charge on any atom is -0.143 e. The number of alkyl halides is 1. The molecule has 0 N–H and O–H groups in total. The first kappa shape index (κ1) is 12.3. The van der Waals surface area contributed by atoms with Crippen LogP contribution in [0.5, 0.6) is 0 Å². The lowest BCUT2D eigenvalue weighted by atomic mass is 9.69. The fraction of sp³-hybridized carbons (Fsp3) is 0.833. The number of rotatable bonds is 2. The van der Waals surface area contributed by atoms with Crippen molar-refractivity contribution in [2.24, 2.45) is 5.41 Å². The van der Waals surface area contributed by atoms with Crippen LogP contribution >= 0.6 is 22.9 Å². The molecule has 1 saturated carbocycles. The highest BCUT2D eigenvalue weighted by molar-refractivity contribution is 7.11. The smallest absolute Gasteiger partial charge is 0.135 e. The number of aromatic nitrogens is 2. The van der Waals surface area contributed by atoms with Crippen LogP contribution in [0.3, 0.4) is 0 Å². The van der Waals surface area contributed by atoms with Gasteiger partial charge in [0.15, 0.2) is 0 Å². The van der Waals surface area contributed by atoms with Crippen LogP contribution in [-0.4, -0.2) is 10.2 Å². The Balaban J connectivity index is 2.21. The van der Waals surface area contributed by atoms with E-state index in [0.29, 0.717) is 11.3 Å². The highest BCUT2D eigenvalue weighted by Gasteiger charge is 2.35. The summed E-state index contributed by atoms with van der Waals surface area (Å²) in [5, 5.41) is 10.7. The molecule has 2 nitrogen and oxygen atoms in total. The summed E-state index contributed by atoms with van der Waals surface area (Å²) in [5.41, 5.74) is 0.366. The largest absolute Gasteiger partial charge is 0.143 e. The van der Waals surface area contributed by atoms with E-state index in [0.717, 1.165) is 5.01 Å². The van der Waals surface area contributed by atoms with Crippen molar-refractivity contribution in [2.75, 3.05) is 0 Å². The summed E-state index contributed by atoms with van der Waals surface area (Å²) in [5.74, 6) is 0.572. The molecule has 90 valence electrons. The van der Waals surface area contributed by atoms with Crippen LogP contribution in [0.25, 0.3) is 0 Å². The summed E-state index contributed by atoms with van der Waals surface area (Å²) in [6.45, 7) is 6.65. The minimum atomic E-state index is -0.0158. The average molecular weight is 259 g/mol. The molecule has 0 amide bonds. The SMILES string of the molecule is CC(Cl)c1nnc(C2CCCCC2(C)C)s1. The zero-order chi connectivity index (χ0) is 11.8. The second-order valence-corrected chi connectivity index (χ2v) is 7.08. The molecule has 0 saturated heterocycles. The molecule has 1 aromatic heterocycles. The van der Waals surface area contributed by atoms with Crippen molar-refractivity contribution in [1.29, 1.82) is 0 Å². The van der Waals surface area contributed by atoms with Gasteiger partial charge in [0.05, 0.1) is 5.38 Å². The molecule has 1 aromatic rings. The number of halogens is 1. The van der Waals surface area contributed by atoms with E-state index in [1.165, 1.54) is 30.7 Å². The molecule has 0 radical (unpaired) electrons. The molecule has 2 unspecified atom stereocenters. The highest BCUT2D eigenvalue weighted by atomic mass is 35.5. The van der Waals surface area contributed by atoms with Crippen molar-refractivity contribution in [3.05, 3.63) is 10.0 Å². The molecule has 1 fully saturated rings. The zero-order valence-corrected chi connectivity index (χ0v) is 11.7. The molecule has 1 heterocycles. The van der Waals surface area contributed by atoms with Crippen LogP contribution in [0, 0.1) is 5.41 Å². The third kappa shape index (κ3) is 2.40. The fourth-order valence-electron chi connectivity index (χ4n) is 2.50. The van der Waals surface area contributed by atoms with E-state index in [-0.39, 0.29) is 5.38 Å². The monoisotopic (exact) mass is 258 g/mol. The Morgan fingerprint density at radius 2 is 2.12 bits per heavy atom. The molecule has 0 bridgehead atoms. The molecule has 2 atom stereocenters. The maximum atomic E-state index is 6.03. The van der Waals surface area contributed by atoms with E-state index in [1.54, 1.807) is 11.3 Å². The first-order chi connectivity index (χ1) is 7.50. The first-order valence-electron chi connectivity index (χ1n) is 5.98. The Morgan fingerprint density at radius 1 is 1.38 bits per heavy atom. The maximum Gasteiger partial charge on any atom is 0.135 e. The van der Waals surface area contributed by atoms with Gasteiger partial charge in [-0.15, -0.1) is 21.8 Å². The Bertz CT molecular complexity index is 360. The number of hydrogen-bond acceptors (Lipinski definition) is 3. The van der Waals surface area contributed by atoms with Crippen molar-refractivity contribution in [2.45, 2.75) is 57.7 Å². The van der Waals surface area contributed by atoms with Gasteiger partial charge >= 0.3 is 0 Å². The summed E-state index contributed by atoms with van der Waals surface area (Å²) in [6.07, 6.45) is 5.21. The summed E-state index contributed by atoms with van der Waals surface area (Å²) < 4.78 is 0. The second kappa shape index (κ2) is 4.61. The van der Waals surface area contributed by atoms with E-state index in [1.807, 2.05) is 6.92 Å². The molecule has 0 spiro atoms. The van der Waals surface area contributed by atoms with Crippen molar-refractivity contribution in [3.8, 4) is 0 Å². The molecular weight excluding hydrogens is 240 g/mol. The lowest BCUT2D eigenvalue weighted by molar-refractivity contribution is 0.198. The summed E-state index contributed by atoms with van der Waals surface area (Å²) in [4.78, 5) is 0. The Labute approximate surface area is 106 Å². The normalized spacial score (nSPS) is 26.6. The van der Waals surface area contributed by atoms with Crippen molar-refractivity contribution < 1.29 is 0 Å². The van der Waals surface area contributed by atoms with E-state index in [4.69, 9.17) is 11.6 Å². The molecule has 1 aliphatic carbocycles. The van der Waals surface area contributed by atoms with Crippen LogP contribution in [0.4, 0.5) is 0 Å². The Morgan fingerprint density at radius 3 is 2.69 bits per heavy atom. The Kier molecular flexibility index (Phi) is 3.55. The van der Waals surface area contributed by atoms with Gasteiger partial charge < -0.3 is 0 Å². The van der Waals surface area contributed by atoms with Crippen molar-refractivity contribution in [1.82, 2.24) is 10.2 Å². The quantitative estimate of drug-likeness (QED) is 0.729. The van der Waals surface area contributed by atoms with Crippen LogP contribution < -0.4 is 0 Å². The molecular formula is C12H19ClN2S. The van der Waals surface area contributed by atoms with Gasteiger partial charge in [-0.1, -0.05) is 38.0 Å². The molecule has 1 aliphatic rings. The van der Waals surface area contributed by atoms with E-state index in [2.05, 4.69) is 24.0 Å². The summed E-state index contributed by atoms with van der Waals surface area (Å²) in [7, 11) is 0. The summed E-state index contributed by atoms with van der Waals surface area (Å²) >= 11 is 7.73. The van der Waals surface area contributed by atoms with Gasteiger partial charge in [0.25, 0.3) is 0 Å². The van der Waals surface area contributed by atoms with Gasteiger partial charge in [-0.25, -0.2) is 0 Å². The highest BCUT2D eigenvalue weighted by Crippen LogP contribution is 2.47. The molecule has 16 heavy (non-hydrogen) atoms. The number of hydrogen-bond donors (Lipinski definition) is 0. The minimum absolute atomic E-state index is 0.0158. The topological polar surface area (TPSA) is 25.8 Å². The lowest BCUT2D eigenvalue weighted by Gasteiger charge is -2.37. The fourth-order valence-corrected chi connectivity index (χ4v) is 3.80. The molecule has 2 rings (SSSR count). The van der Waals surface area contributed by atoms with Crippen LogP contribution in [0.1, 0.15) is 67.8 Å².